The number of benzene rings is 2. The van der Waals surface area contributed by atoms with Crippen molar-refractivity contribution in [3.8, 4) is 11.4 Å². The molecule has 0 aliphatic carbocycles. The second kappa shape index (κ2) is 4.38. The molecular weight excluding hydrogens is 302 g/mol. The molecule has 1 heterocycles. The standard InChI is InChI=1S/C15H14BrN3/c1-9-4-3-5-13-14(9)19(2)15(18-13)10-6-7-12(17)11(16)8-10/h3-8H,17H2,1-2H3. The minimum Gasteiger partial charge on any atom is -0.398 e. The number of aryl methyl sites for hydroxylation is 2. The quantitative estimate of drug-likeness (QED) is 0.692. The van der Waals surface area contributed by atoms with E-state index in [1.54, 1.807) is 0 Å². The fourth-order valence-corrected chi connectivity index (χ4v) is 2.77. The van der Waals surface area contributed by atoms with E-state index < -0.39 is 0 Å². The molecule has 2 aromatic carbocycles. The summed E-state index contributed by atoms with van der Waals surface area (Å²) in [4.78, 5) is 4.72. The third-order valence-corrected chi connectivity index (χ3v) is 4.04. The van der Waals surface area contributed by atoms with Crippen LogP contribution in [0.5, 0.6) is 0 Å². The Bertz CT molecular complexity index is 774. The number of anilines is 1. The highest BCUT2D eigenvalue weighted by molar-refractivity contribution is 9.10. The van der Waals surface area contributed by atoms with Crippen LogP contribution in [0.25, 0.3) is 22.4 Å². The van der Waals surface area contributed by atoms with Crippen molar-refractivity contribution in [3.63, 3.8) is 0 Å². The lowest BCUT2D eigenvalue weighted by Crippen LogP contribution is -1.94. The topological polar surface area (TPSA) is 43.8 Å². The molecule has 3 aromatic rings. The molecule has 0 saturated heterocycles. The average Bonchev–Trinajstić information content (AvgIpc) is 2.72. The maximum Gasteiger partial charge on any atom is 0.140 e. The minimum atomic E-state index is 0.735. The fourth-order valence-electron chi connectivity index (χ4n) is 2.39. The Kier molecular flexibility index (Phi) is 2.82. The molecule has 0 unspecified atom stereocenters. The van der Waals surface area contributed by atoms with E-state index in [4.69, 9.17) is 10.7 Å². The van der Waals surface area contributed by atoms with Crippen molar-refractivity contribution in [1.82, 2.24) is 9.55 Å². The van der Waals surface area contributed by atoms with Gasteiger partial charge >= 0.3 is 0 Å². The van der Waals surface area contributed by atoms with Gasteiger partial charge in [-0.3, -0.25) is 0 Å². The van der Waals surface area contributed by atoms with E-state index in [9.17, 15) is 0 Å². The molecule has 1 aromatic heterocycles. The zero-order valence-electron chi connectivity index (χ0n) is 10.8. The van der Waals surface area contributed by atoms with Gasteiger partial charge in [0.05, 0.1) is 11.0 Å². The molecule has 96 valence electrons. The molecule has 3 nitrogen and oxygen atoms in total. The fraction of sp³-hybridized carbons (Fsp3) is 0.133. The number of fused-ring (bicyclic) bond motifs is 1. The first-order valence-corrected chi connectivity index (χ1v) is 6.84. The van der Waals surface area contributed by atoms with Gasteiger partial charge in [0, 0.05) is 22.8 Å². The van der Waals surface area contributed by atoms with Gasteiger partial charge in [0.1, 0.15) is 5.82 Å². The van der Waals surface area contributed by atoms with E-state index in [1.165, 1.54) is 11.1 Å². The summed E-state index contributed by atoms with van der Waals surface area (Å²) in [5.41, 5.74) is 11.0. The van der Waals surface area contributed by atoms with Gasteiger partial charge in [-0.05, 0) is 52.7 Å². The lowest BCUT2D eigenvalue weighted by atomic mass is 10.2. The molecule has 0 amide bonds. The highest BCUT2D eigenvalue weighted by Gasteiger charge is 2.12. The molecule has 0 atom stereocenters. The SMILES string of the molecule is Cc1cccc2nc(-c3ccc(N)c(Br)c3)n(C)c12. The van der Waals surface area contributed by atoms with Gasteiger partial charge < -0.3 is 10.3 Å². The number of hydrogen-bond acceptors (Lipinski definition) is 2. The zero-order valence-corrected chi connectivity index (χ0v) is 12.4. The van der Waals surface area contributed by atoms with E-state index in [0.29, 0.717) is 0 Å². The van der Waals surface area contributed by atoms with Crippen molar-refractivity contribution in [2.75, 3.05) is 5.73 Å². The van der Waals surface area contributed by atoms with Crippen LogP contribution in [0.1, 0.15) is 5.56 Å². The number of halogens is 1. The Hall–Kier alpha value is -1.81. The third kappa shape index (κ3) is 1.92. The zero-order chi connectivity index (χ0) is 13.6. The first-order valence-electron chi connectivity index (χ1n) is 6.05. The van der Waals surface area contributed by atoms with Crippen molar-refractivity contribution in [2.24, 2.45) is 7.05 Å². The molecule has 19 heavy (non-hydrogen) atoms. The van der Waals surface area contributed by atoms with Gasteiger partial charge in [-0.2, -0.15) is 0 Å². The lowest BCUT2D eigenvalue weighted by Gasteiger charge is -2.05. The van der Waals surface area contributed by atoms with Crippen LogP contribution >= 0.6 is 15.9 Å². The summed E-state index contributed by atoms with van der Waals surface area (Å²) < 4.78 is 3.02. The Labute approximate surface area is 120 Å². The minimum absolute atomic E-state index is 0.735. The van der Waals surface area contributed by atoms with Crippen LogP contribution in [-0.4, -0.2) is 9.55 Å². The second-order valence-electron chi connectivity index (χ2n) is 4.67. The molecule has 4 heteroatoms. The third-order valence-electron chi connectivity index (χ3n) is 3.35. The van der Waals surface area contributed by atoms with Gasteiger partial charge in [0.25, 0.3) is 0 Å². The monoisotopic (exact) mass is 315 g/mol. The molecule has 0 saturated carbocycles. The van der Waals surface area contributed by atoms with Gasteiger partial charge in [-0.1, -0.05) is 12.1 Å². The maximum atomic E-state index is 5.83. The van der Waals surface area contributed by atoms with Crippen molar-refractivity contribution < 1.29 is 0 Å². The number of rotatable bonds is 1. The molecule has 0 bridgehead atoms. The summed E-state index contributed by atoms with van der Waals surface area (Å²) in [6, 6.07) is 12.1. The van der Waals surface area contributed by atoms with E-state index in [2.05, 4.69) is 33.5 Å². The van der Waals surface area contributed by atoms with Crippen LogP contribution in [0.3, 0.4) is 0 Å². The van der Waals surface area contributed by atoms with Crippen molar-refractivity contribution in [3.05, 3.63) is 46.4 Å². The predicted molar refractivity (Wildman–Crippen MR) is 83.0 cm³/mol. The molecule has 3 rings (SSSR count). The highest BCUT2D eigenvalue weighted by Crippen LogP contribution is 2.29. The Balaban J connectivity index is 2.28. The summed E-state index contributed by atoms with van der Waals surface area (Å²) >= 11 is 3.46. The number of para-hydroxylation sites is 1. The van der Waals surface area contributed by atoms with Crippen molar-refractivity contribution in [1.29, 1.82) is 0 Å². The van der Waals surface area contributed by atoms with E-state index in [-0.39, 0.29) is 0 Å². The number of aromatic nitrogens is 2. The van der Waals surface area contributed by atoms with E-state index >= 15 is 0 Å². The average molecular weight is 316 g/mol. The molecule has 2 N–H and O–H groups in total. The number of nitrogens with zero attached hydrogens (tertiary/aromatic N) is 2. The van der Waals surface area contributed by atoms with Crippen LogP contribution in [0.15, 0.2) is 40.9 Å². The molecule has 0 fully saturated rings. The van der Waals surface area contributed by atoms with Gasteiger partial charge in [0.15, 0.2) is 0 Å². The molecule has 0 aliphatic heterocycles. The number of nitrogen functional groups attached to an aromatic ring is 1. The smallest absolute Gasteiger partial charge is 0.140 e. The van der Waals surface area contributed by atoms with Crippen LogP contribution in [0.2, 0.25) is 0 Å². The maximum absolute atomic E-state index is 5.83. The summed E-state index contributed by atoms with van der Waals surface area (Å²) in [6.45, 7) is 2.10. The van der Waals surface area contributed by atoms with E-state index in [1.807, 2.05) is 37.4 Å². The normalized spacial score (nSPS) is 11.1. The van der Waals surface area contributed by atoms with Gasteiger partial charge in [-0.15, -0.1) is 0 Å². The van der Waals surface area contributed by atoms with Crippen LogP contribution in [0, 0.1) is 6.92 Å². The van der Waals surface area contributed by atoms with Crippen LogP contribution in [0.4, 0.5) is 5.69 Å². The predicted octanol–water partition coefficient (Wildman–Crippen LogP) is 3.89. The van der Waals surface area contributed by atoms with Gasteiger partial charge in [-0.25, -0.2) is 4.98 Å². The number of imidazole rings is 1. The molecule has 0 spiro atoms. The Morgan fingerprint density at radius 3 is 2.68 bits per heavy atom. The molecule has 0 aliphatic rings. The molecule has 0 radical (unpaired) electrons. The first kappa shape index (κ1) is 12.2. The summed E-state index contributed by atoms with van der Waals surface area (Å²) in [6.07, 6.45) is 0. The van der Waals surface area contributed by atoms with Crippen LogP contribution < -0.4 is 5.73 Å². The lowest BCUT2D eigenvalue weighted by molar-refractivity contribution is 0.955. The highest BCUT2D eigenvalue weighted by atomic mass is 79.9. The van der Waals surface area contributed by atoms with Crippen molar-refractivity contribution in [2.45, 2.75) is 6.92 Å². The first-order chi connectivity index (χ1) is 9.08. The summed E-state index contributed by atoms with van der Waals surface area (Å²) in [5, 5.41) is 0. The Morgan fingerprint density at radius 2 is 2.00 bits per heavy atom. The number of hydrogen-bond donors (Lipinski definition) is 1. The number of nitrogens with two attached hydrogens (primary N) is 1. The van der Waals surface area contributed by atoms with E-state index in [0.717, 1.165) is 27.1 Å². The largest absolute Gasteiger partial charge is 0.398 e. The second-order valence-corrected chi connectivity index (χ2v) is 5.53. The molecular formula is C15H14BrN3. The summed E-state index contributed by atoms with van der Waals surface area (Å²) in [5.74, 6) is 0.949. The van der Waals surface area contributed by atoms with Crippen molar-refractivity contribution >= 4 is 32.7 Å². The van der Waals surface area contributed by atoms with Gasteiger partial charge in [0.2, 0.25) is 0 Å². The summed E-state index contributed by atoms with van der Waals surface area (Å²) in [7, 11) is 2.04. The Morgan fingerprint density at radius 1 is 1.21 bits per heavy atom. The van der Waals surface area contributed by atoms with Crippen LogP contribution in [-0.2, 0) is 7.05 Å².